The van der Waals surface area contributed by atoms with E-state index in [1.54, 1.807) is 11.3 Å². The van der Waals surface area contributed by atoms with Crippen LogP contribution in [0.15, 0.2) is 17.5 Å². The van der Waals surface area contributed by atoms with E-state index >= 15 is 0 Å². The molecule has 0 bridgehead atoms. The molecule has 2 rings (SSSR count). The minimum absolute atomic E-state index is 0.711. The van der Waals surface area contributed by atoms with Crippen LogP contribution in [0.1, 0.15) is 17.5 Å². The Morgan fingerprint density at radius 2 is 2.12 bits per heavy atom. The summed E-state index contributed by atoms with van der Waals surface area (Å²) >= 11 is 1.74. The lowest BCUT2D eigenvalue weighted by atomic mass is 10.2. The third-order valence-electron chi connectivity index (χ3n) is 2.32. The zero-order valence-corrected chi connectivity index (χ0v) is 10.6. The largest absolute Gasteiger partial charge is 0.354 e. The lowest BCUT2D eigenvalue weighted by Crippen LogP contribution is -2.03. The summed E-state index contributed by atoms with van der Waals surface area (Å²) in [6.45, 7) is 6.99. The fourth-order valence-corrected chi connectivity index (χ4v) is 2.30. The van der Waals surface area contributed by atoms with Gasteiger partial charge >= 0.3 is 0 Å². The van der Waals surface area contributed by atoms with Crippen molar-refractivity contribution in [3.63, 3.8) is 0 Å². The van der Waals surface area contributed by atoms with Gasteiger partial charge in [0.1, 0.15) is 0 Å². The van der Waals surface area contributed by atoms with E-state index in [1.807, 2.05) is 19.9 Å². The highest BCUT2D eigenvalue weighted by atomic mass is 32.1. The van der Waals surface area contributed by atoms with Crippen LogP contribution >= 0.6 is 11.3 Å². The summed E-state index contributed by atoms with van der Waals surface area (Å²) in [6, 6.07) is 4.13. The molecular formula is C12H15N3S. The first-order valence-electron chi connectivity index (χ1n) is 5.34. The molecule has 0 aliphatic heterocycles. The minimum Gasteiger partial charge on any atom is -0.354 e. The number of rotatable bonds is 3. The molecule has 16 heavy (non-hydrogen) atoms. The Labute approximate surface area is 99.6 Å². The topological polar surface area (TPSA) is 37.8 Å². The molecule has 3 nitrogen and oxygen atoms in total. The van der Waals surface area contributed by atoms with Crippen LogP contribution in [0.2, 0.25) is 0 Å². The van der Waals surface area contributed by atoms with E-state index in [9.17, 15) is 0 Å². The fraction of sp³-hybridized carbons (Fsp3) is 0.333. The van der Waals surface area contributed by atoms with Crippen LogP contribution in [-0.4, -0.2) is 16.5 Å². The summed E-state index contributed by atoms with van der Waals surface area (Å²) in [5, 5.41) is 5.24. The van der Waals surface area contributed by atoms with Crippen LogP contribution in [0.25, 0.3) is 11.3 Å². The predicted octanol–water partition coefficient (Wildman–Crippen LogP) is 3.25. The Balaban J connectivity index is 2.45. The minimum atomic E-state index is 0.711. The third-order valence-corrected chi connectivity index (χ3v) is 3.17. The van der Waals surface area contributed by atoms with Gasteiger partial charge in [-0.25, -0.2) is 9.97 Å². The molecule has 0 radical (unpaired) electrons. The molecule has 0 saturated heterocycles. The monoisotopic (exact) mass is 233 g/mol. The molecule has 0 saturated carbocycles. The molecule has 84 valence electrons. The summed E-state index contributed by atoms with van der Waals surface area (Å²) < 4.78 is 0. The number of aromatic nitrogens is 2. The van der Waals surface area contributed by atoms with Gasteiger partial charge in [-0.1, -0.05) is 0 Å². The van der Waals surface area contributed by atoms with Gasteiger partial charge in [-0.2, -0.15) is 0 Å². The van der Waals surface area contributed by atoms with Gasteiger partial charge in [0.05, 0.1) is 5.69 Å². The second-order valence-electron chi connectivity index (χ2n) is 3.64. The Kier molecular flexibility index (Phi) is 3.19. The van der Waals surface area contributed by atoms with Crippen molar-refractivity contribution in [1.29, 1.82) is 0 Å². The van der Waals surface area contributed by atoms with Crippen molar-refractivity contribution in [2.75, 3.05) is 11.9 Å². The number of anilines is 1. The molecule has 0 aliphatic rings. The fourth-order valence-electron chi connectivity index (χ4n) is 1.59. The van der Waals surface area contributed by atoms with E-state index in [-0.39, 0.29) is 0 Å². The van der Waals surface area contributed by atoms with Crippen LogP contribution in [0.5, 0.6) is 0 Å². The second kappa shape index (κ2) is 4.61. The van der Waals surface area contributed by atoms with Gasteiger partial charge in [-0.3, -0.25) is 0 Å². The molecule has 0 spiro atoms. The number of aryl methyl sites for hydroxylation is 2. The molecule has 0 aromatic carbocycles. The summed E-state index contributed by atoms with van der Waals surface area (Å²) in [7, 11) is 0. The van der Waals surface area contributed by atoms with Crippen molar-refractivity contribution in [2.24, 2.45) is 0 Å². The Morgan fingerprint density at radius 1 is 1.31 bits per heavy atom. The van der Waals surface area contributed by atoms with Gasteiger partial charge in [0.25, 0.3) is 0 Å². The van der Waals surface area contributed by atoms with Crippen molar-refractivity contribution >= 4 is 17.3 Å². The first kappa shape index (κ1) is 11.1. The second-order valence-corrected chi connectivity index (χ2v) is 4.76. The van der Waals surface area contributed by atoms with Gasteiger partial charge in [0.15, 0.2) is 0 Å². The summed E-state index contributed by atoms with van der Waals surface area (Å²) in [6.07, 6.45) is 0. The predicted molar refractivity (Wildman–Crippen MR) is 69.0 cm³/mol. The SMILES string of the molecule is CCNc1nc(C)cc(-c2ccsc2C)n1. The van der Waals surface area contributed by atoms with Crippen molar-refractivity contribution in [1.82, 2.24) is 9.97 Å². The maximum Gasteiger partial charge on any atom is 0.223 e. The van der Waals surface area contributed by atoms with Gasteiger partial charge < -0.3 is 5.32 Å². The first-order chi connectivity index (χ1) is 7.70. The van der Waals surface area contributed by atoms with Gasteiger partial charge in [-0.15, -0.1) is 11.3 Å². The smallest absolute Gasteiger partial charge is 0.223 e. The number of hydrogen-bond donors (Lipinski definition) is 1. The van der Waals surface area contributed by atoms with Crippen LogP contribution in [0.4, 0.5) is 5.95 Å². The zero-order valence-electron chi connectivity index (χ0n) is 9.74. The molecule has 0 unspecified atom stereocenters. The Morgan fingerprint density at radius 3 is 2.75 bits per heavy atom. The third kappa shape index (κ3) is 2.22. The van der Waals surface area contributed by atoms with E-state index in [1.165, 1.54) is 10.4 Å². The molecule has 1 N–H and O–H groups in total. The molecule has 0 fully saturated rings. The molecule has 0 atom stereocenters. The van der Waals surface area contributed by atoms with Crippen molar-refractivity contribution in [3.05, 3.63) is 28.1 Å². The molecular weight excluding hydrogens is 218 g/mol. The number of nitrogens with one attached hydrogen (secondary N) is 1. The molecule has 0 amide bonds. The highest BCUT2D eigenvalue weighted by molar-refractivity contribution is 7.10. The van der Waals surface area contributed by atoms with E-state index in [0.717, 1.165) is 17.9 Å². The lowest BCUT2D eigenvalue weighted by molar-refractivity contribution is 1.05. The summed E-state index contributed by atoms with van der Waals surface area (Å²) in [5.74, 6) is 0.711. The van der Waals surface area contributed by atoms with Crippen molar-refractivity contribution < 1.29 is 0 Å². The molecule has 0 aliphatic carbocycles. The normalized spacial score (nSPS) is 10.4. The summed E-state index contributed by atoms with van der Waals surface area (Å²) in [5.41, 5.74) is 3.20. The quantitative estimate of drug-likeness (QED) is 0.884. The highest BCUT2D eigenvalue weighted by Gasteiger charge is 2.07. The Bertz CT molecular complexity index is 491. The highest BCUT2D eigenvalue weighted by Crippen LogP contribution is 2.26. The molecule has 2 aromatic heterocycles. The molecule has 2 aromatic rings. The maximum absolute atomic E-state index is 4.51. The molecule has 4 heteroatoms. The molecule has 2 heterocycles. The van der Waals surface area contributed by atoms with Gasteiger partial charge in [-0.05, 0) is 38.3 Å². The van der Waals surface area contributed by atoms with Gasteiger partial charge in [0.2, 0.25) is 5.95 Å². The lowest BCUT2D eigenvalue weighted by Gasteiger charge is -2.06. The van der Waals surface area contributed by atoms with Crippen LogP contribution < -0.4 is 5.32 Å². The van der Waals surface area contributed by atoms with Crippen molar-refractivity contribution in [3.8, 4) is 11.3 Å². The van der Waals surface area contributed by atoms with Gasteiger partial charge in [0, 0.05) is 22.7 Å². The van der Waals surface area contributed by atoms with E-state index in [2.05, 4.69) is 33.7 Å². The van der Waals surface area contributed by atoms with Crippen LogP contribution in [0, 0.1) is 13.8 Å². The number of hydrogen-bond acceptors (Lipinski definition) is 4. The average molecular weight is 233 g/mol. The van der Waals surface area contributed by atoms with Crippen LogP contribution in [-0.2, 0) is 0 Å². The summed E-state index contributed by atoms with van der Waals surface area (Å²) in [4.78, 5) is 10.1. The van der Waals surface area contributed by atoms with Crippen molar-refractivity contribution in [2.45, 2.75) is 20.8 Å². The van der Waals surface area contributed by atoms with Crippen LogP contribution in [0.3, 0.4) is 0 Å². The maximum atomic E-state index is 4.51. The average Bonchev–Trinajstić information content (AvgIpc) is 2.64. The first-order valence-corrected chi connectivity index (χ1v) is 6.22. The standard InChI is InChI=1S/C12H15N3S/c1-4-13-12-14-8(2)7-11(15-12)10-5-6-16-9(10)3/h5-7H,4H2,1-3H3,(H,13,14,15). The number of nitrogens with zero attached hydrogens (tertiary/aromatic N) is 2. The van der Waals surface area contributed by atoms with E-state index < -0.39 is 0 Å². The number of thiophene rings is 1. The van der Waals surface area contributed by atoms with E-state index in [0.29, 0.717) is 5.95 Å². The van der Waals surface area contributed by atoms with E-state index in [4.69, 9.17) is 0 Å². The zero-order chi connectivity index (χ0) is 11.5. The Hall–Kier alpha value is -1.42.